The molecule has 0 aromatic carbocycles. The molecular weight excluding hydrogens is 238 g/mol. The average Bonchev–Trinajstić information content (AvgIpc) is 2.96. The Hall–Kier alpha value is -0.870. The third kappa shape index (κ3) is 3.80. The molecule has 0 saturated carbocycles. The summed E-state index contributed by atoms with van der Waals surface area (Å²) in [5, 5.41) is 7.96. The molecule has 4 nitrogen and oxygen atoms in total. The Morgan fingerprint density at radius 3 is 2.89 bits per heavy atom. The Morgan fingerprint density at radius 2 is 2.26 bits per heavy atom. The topological polar surface area (TPSA) is 39.1 Å². The quantitative estimate of drug-likeness (QED) is 0.889. The van der Waals surface area contributed by atoms with Crippen LogP contribution in [0.25, 0.3) is 0 Å². The Labute approximate surface area is 116 Å². The van der Waals surface area contributed by atoms with E-state index in [4.69, 9.17) is 4.74 Å². The molecule has 1 aliphatic rings. The summed E-state index contributed by atoms with van der Waals surface area (Å²) in [6.07, 6.45) is 6.85. The summed E-state index contributed by atoms with van der Waals surface area (Å²) in [4.78, 5) is 0. The minimum atomic E-state index is 0.0604. The lowest BCUT2D eigenvalue weighted by Crippen LogP contribution is -2.28. The van der Waals surface area contributed by atoms with Crippen molar-refractivity contribution in [3.05, 3.63) is 18.0 Å². The van der Waals surface area contributed by atoms with Gasteiger partial charge in [-0.1, -0.05) is 6.92 Å². The lowest BCUT2D eigenvalue weighted by Gasteiger charge is -2.19. The van der Waals surface area contributed by atoms with Crippen LogP contribution in [0.4, 0.5) is 0 Å². The van der Waals surface area contributed by atoms with E-state index >= 15 is 0 Å². The first-order valence-electron chi connectivity index (χ1n) is 7.37. The van der Waals surface area contributed by atoms with Gasteiger partial charge in [-0.2, -0.15) is 5.10 Å². The lowest BCUT2D eigenvalue weighted by atomic mass is 10.00. The van der Waals surface area contributed by atoms with Crippen LogP contribution in [0.5, 0.6) is 0 Å². The van der Waals surface area contributed by atoms with Crippen LogP contribution in [0.1, 0.15) is 46.1 Å². The molecule has 2 atom stereocenters. The third-order valence-corrected chi connectivity index (χ3v) is 3.81. The summed E-state index contributed by atoms with van der Waals surface area (Å²) in [6.45, 7) is 11.6. The number of nitrogens with one attached hydrogen (secondary N) is 1. The molecule has 108 valence electrons. The van der Waals surface area contributed by atoms with E-state index < -0.39 is 0 Å². The van der Waals surface area contributed by atoms with Crippen molar-refractivity contribution in [1.29, 1.82) is 0 Å². The number of hydrogen-bond donors (Lipinski definition) is 1. The second-order valence-corrected chi connectivity index (χ2v) is 6.46. The minimum absolute atomic E-state index is 0.0604. The van der Waals surface area contributed by atoms with Crippen LogP contribution in [-0.2, 0) is 16.8 Å². The van der Waals surface area contributed by atoms with Crippen LogP contribution in [0.3, 0.4) is 0 Å². The average molecular weight is 265 g/mol. The molecule has 19 heavy (non-hydrogen) atoms. The normalized spacial score (nSPS) is 24.0. The molecule has 1 N–H and O–H groups in total. The van der Waals surface area contributed by atoms with Crippen molar-refractivity contribution in [2.45, 2.75) is 58.7 Å². The highest BCUT2D eigenvalue weighted by atomic mass is 16.5. The van der Waals surface area contributed by atoms with Crippen LogP contribution in [0.2, 0.25) is 0 Å². The fourth-order valence-corrected chi connectivity index (χ4v) is 2.60. The van der Waals surface area contributed by atoms with Crippen molar-refractivity contribution >= 4 is 0 Å². The monoisotopic (exact) mass is 265 g/mol. The van der Waals surface area contributed by atoms with E-state index in [0.717, 1.165) is 26.1 Å². The second kappa shape index (κ2) is 6.06. The Morgan fingerprint density at radius 1 is 1.47 bits per heavy atom. The van der Waals surface area contributed by atoms with Crippen molar-refractivity contribution in [2.24, 2.45) is 5.92 Å². The van der Waals surface area contributed by atoms with Crippen molar-refractivity contribution in [1.82, 2.24) is 15.1 Å². The molecule has 1 saturated heterocycles. The molecule has 1 aromatic rings. The number of ether oxygens (including phenoxy) is 1. The number of nitrogens with zero attached hydrogens (tertiary/aromatic N) is 2. The number of rotatable bonds is 5. The van der Waals surface area contributed by atoms with E-state index in [0.29, 0.717) is 12.0 Å². The van der Waals surface area contributed by atoms with Gasteiger partial charge in [-0.05, 0) is 39.5 Å². The number of aromatic nitrogens is 2. The molecule has 4 heteroatoms. The molecule has 0 radical (unpaired) electrons. The van der Waals surface area contributed by atoms with Crippen LogP contribution in [0.15, 0.2) is 12.4 Å². The summed E-state index contributed by atoms with van der Waals surface area (Å²) in [5.74, 6) is 0.669. The van der Waals surface area contributed by atoms with E-state index in [9.17, 15) is 0 Å². The summed E-state index contributed by atoms with van der Waals surface area (Å²) >= 11 is 0. The molecule has 2 heterocycles. The van der Waals surface area contributed by atoms with Crippen LogP contribution in [0, 0.1) is 5.92 Å². The molecule has 1 fully saturated rings. The second-order valence-electron chi connectivity index (χ2n) is 6.46. The minimum Gasteiger partial charge on any atom is -0.378 e. The molecule has 2 rings (SSSR count). The van der Waals surface area contributed by atoms with Gasteiger partial charge in [-0.25, -0.2) is 0 Å². The van der Waals surface area contributed by atoms with E-state index in [1.165, 1.54) is 12.0 Å². The molecule has 0 bridgehead atoms. The smallest absolute Gasteiger partial charge is 0.0613 e. The maximum atomic E-state index is 5.71. The highest BCUT2D eigenvalue weighted by molar-refractivity contribution is 5.04. The maximum absolute atomic E-state index is 5.71. The molecular formula is C15H27N3O. The van der Waals surface area contributed by atoms with Gasteiger partial charge in [-0.15, -0.1) is 0 Å². The van der Waals surface area contributed by atoms with Crippen LogP contribution >= 0.6 is 0 Å². The zero-order valence-electron chi connectivity index (χ0n) is 12.6. The standard InChI is InChI=1S/C15H27N3O/c1-5-14-13(6-7-19-14)10-16-8-12-9-17-18(11-12)15(2,3)4/h9,11,13-14,16H,5-8,10H2,1-4H3. The first kappa shape index (κ1) is 14.5. The van der Waals surface area contributed by atoms with E-state index in [1.54, 1.807) is 0 Å². The molecule has 2 unspecified atom stereocenters. The van der Waals surface area contributed by atoms with Crippen molar-refractivity contribution in [3.8, 4) is 0 Å². The van der Waals surface area contributed by atoms with Crippen LogP contribution < -0.4 is 5.32 Å². The van der Waals surface area contributed by atoms with E-state index in [-0.39, 0.29) is 5.54 Å². The van der Waals surface area contributed by atoms with Gasteiger partial charge in [0.2, 0.25) is 0 Å². The first-order valence-corrected chi connectivity index (χ1v) is 7.37. The SMILES string of the molecule is CCC1OCCC1CNCc1cnn(C(C)(C)C)c1. The first-order chi connectivity index (χ1) is 9.00. The Kier molecular flexibility index (Phi) is 4.63. The highest BCUT2D eigenvalue weighted by Gasteiger charge is 2.26. The summed E-state index contributed by atoms with van der Waals surface area (Å²) in [5.41, 5.74) is 1.31. The molecule has 1 aromatic heterocycles. The Balaban J connectivity index is 1.78. The molecule has 0 aliphatic carbocycles. The van der Waals surface area contributed by atoms with Gasteiger partial charge in [0.05, 0.1) is 17.8 Å². The molecule has 0 spiro atoms. The summed E-state index contributed by atoms with van der Waals surface area (Å²) < 4.78 is 7.74. The fourth-order valence-electron chi connectivity index (χ4n) is 2.60. The summed E-state index contributed by atoms with van der Waals surface area (Å²) in [6, 6.07) is 0. The van der Waals surface area contributed by atoms with Gasteiger partial charge in [0.25, 0.3) is 0 Å². The maximum Gasteiger partial charge on any atom is 0.0613 e. The van der Waals surface area contributed by atoms with Gasteiger partial charge in [0, 0.05) is 31.5 Å². The van der Waals surface area contributed by atoms with Crippen LogP contribution in [-0.4, -0.2) is 29.0 Å². The van der Waals surface area contributed by atoms with Gasteiger partial charge in [-0.3, -0.25) is 4.68 Å². The summed E-state index contributed by atoms with van der Waals surface area (Å²) in [7, 11) is 0. The van der Waals surface area contributed by atoms with Crippen molar-refractivity contribution in [2.75, 3.05) is 13.2 Å². The lowest BCUT2D eigenvalue weighted by molar-refractivity contribution is 0.0872. The van der Waals surface area contributed by atoms with Gasteiger partial charge >= 0.3 is 0 Å². The van der Waals surface area contributed by atoms with E-state index in [2.05, 4.69) is 44.3 Å². The largest absolute Gasteiger partial charge is 0.378 e. The Bertz CT molecular complexity index is 394. The van der Waals surface area contributed by atoms with Gasteiger partial charge in [0.1, 0.15) is 0 Å². The fraction of sp³-hybridized carbons (Fsp3) is 0.800. The zero-order valence-corrected chi connectivity index (χ0v) is 12.6. The van der Waals surface area contributed by atoms with E-state index in [1.807, 2.05) is 10.9 Å². The van der Waals surface area contributed by atoms with Gasteiger partial charge in [0.15, 0.2) is 0 Å². The molecule has 1 aliphatic heterocycles. The highest BCUT2D eigenvalue weighted by Crippen LogP contribution is 2.22. The van der Waals surface area contributed by atoms with Gasteiger partial charge < -0.3 is 10.1 Å². The number of hydrogen-bond acceptors (Lipinski definition) is 3. The predicted octanol–water partition coefficient (Wildman–Crippen LogP) is 2.54. The third-order valence-electron chi connectivity index (χ3n) is 3.81. The predicted molar refractivity (Wildman–Crippen MR) is 77.1 cm³/mol. The molecule has 0 amide bonds. The van der Waals surface area contributed by atoms with Crippen molar-refractivity contribution < 1.29 is 4.74 Å². The zero-order chi connectivity index (χ0) is 13.9. The van der Waals surface area contributed by atoms with Crippen molar-refractivity contribution in [3.63, 3.8) is 0 Å².